The van der Waals surface area contributed by atoms with Crippen LogP contribution in [0, 0.1) is 11.3 Å². The fourth-order valence-electron chi connectivity index (χ4n) is 12.2. The van der Waals surface area contributed by atoms with Gasteiger partial charge >= 0.3 is 5.97 Å². The number of aliphatic hydroxyl groups excluding tert-OH is 1. The van der Waals surface area contributed by atoms with E-state index < -0.39 is 236 Å². The fourth-order valence-corrected chi connectivity index (χ4v) is 12.7. The number of thiol groups is 2. The molecule has 13 atom stereocenters. The first-order valence-electron chi connectivity index (χ1n) is 37.6. The molecule has 0 fully saturated rings. The lowest BCUT2D eigenvalue weighted by atomic mass is 9.99. The largest absolute Gasteiger partial charge is 0.508 e. The molecule has 0 spiro atoms. The molecule has 5 rings (SSSR count). The van der Waals surface area contributed by atoms with Crippen molar-refractivity contribution in [3.8, 4) is 5.75 Å². The summed E-state index contributed by atoms with van der Waals surface area (Å²) >= 11 is 8.45. The second-order valence-electron chi connectivity index (χ2n) is 28.4. The number of carbonyl (C=O) groups is 17. The molecule has 2 aromatic heterocycles. The summed E-state index contributed by atoms with van der Waals surface area (Å²) in [6.07, 6.45) is -4.00. The molecule has 16 amide bonds. The van der Waals surface area contributed by atoms with Crippen molar-refractivity contribution in [2.75, 3.05) is 18.1 Å². The van der Waals surface area contributed by atoms with E-state index in [4.69, 9.17) is 34.1 Å². The van der Waals surface area contributed by atoms with Gasteiger partial charge < -0.3 is 123 Å². The third-order valence-electron chi connectivity index (χ3n) is 18.5. The fraction of sp³-hybridized carbons (Fsp3) is 0.467. The Kier molecular flexibility index (Phi) is 38.6. The summed E-state index contributed by atoms with van der Waals surface area (Å²) in [6, 6.07) is -1.02. The topological polar surface area (TPSA) is 693 Å². The number of nitrogens with one attached hydrogen (secondary N) is 16. The highest BCUT2D eigenvalue weighted by atomic mass is 32.1. The predicted octanol–water partition coefficient (Wildman–Crippen LogP) is -5.08. The Morgan fingerprint density at radius 2 is 0.797 bits per heavy atom. The van der Waals surface area contributed by atoms with Crippen molar-refractivity contribution in [1.29, 1.82) is 5.41 Å². The Hall–Kier alpha value is -12.5. The molecular weight excluding hydrogens is 1580 g/mol. The number of carbonyl (C=O) groups excluding carboxylic acids is 16. The van der Waals surface area contributed by atoms with Crippen molar-refractivity contribution in [2.45, 2.75) is 196 Å². The molecular formula is C75H105N21O20S2. The molecule has 3 aromatic carbocycles. The van der Waals surface area contributed by atoms with Crippen molar-refractivity contribution < 1.29 is 96.8 Å². The lowest BCUT2D eigenvalue weighted by Gasteiger charge is -2.29. The van der Waals surface area contributed by atoms with E-state index in [9.17, 15) is 87.2 Å². The highest BCUT2D eigenvalue weighted by molar-refractivity contribution is 7.80. The van der Waals surface area contributed by atoms with E-state index in [1.165, 1.54) is 30.5 Å². The maximum Gasteiger partial charge on any atom is 0.303 e. The van der Waals surface area contributed by atoms with Crippen molar-refractivity contribution in [3.05, 3.63) is 102 Å². The molecule has 118 heavy (non-hydrogen) atoms. The monoisotopic (exact) mass is 1680 g/mol. The summed E-state index contributed by atoms with van der Waals surface area (Å²) in [5, 5.41) is 71.7. The number of hydrogen-bond acceptors (Lipinski definition) is 22. The van der Waals surface area contributed by atoms with Crippen LogP contribution < -0.4 is 97.8 Å². The van der Waals surface area contributed by atoms with Gasteiger partial charge in [0.1, 0.15) is 78.3 Å². The molecule has 0 radical (unpaired) electrons. The minimum absolute atomic E-state index is 0.0856. The number of para-hydroxylation sites is 2. The van der Waals surface area contributed by atoms with Gasteiger partial charge in [0.15, 0.2) is 5.96 Å². The molecule has 2 heterocycles. The number of nitrogens with two attached hydrogens (primary N) is 5. The van der Waals surface area contributed by atoms with Crippen LogP contribution in [0.2, 0.25) is 0 Å². The lowest BCUT2D eigenvalue weighted by Crippen LogP contribution is -2.62. The molecule has 43 heteroatoms. The number of phenols is 1. The first-order chi connectivity index (χ1) is 55.8. The van der Waals surface area contributed by atoms with Gasteiger partial charge in [-0.1, -0.05) is 62.4 Å². The second kappa shape index (κ2) is 47.5. The van der Waals surface area contributed by atoms with Gasteiger partial charge in [-0.05, 0) is 98.7 Å². The molecule has 0 saturated carbocycles. The number of carboxylic acids is 1. The van der Waals surface area contributed by atoms with Crippen molar-refractivity contribution in [3.63, 3.8) is 0 Å². The Labute approximate surface area is 688 Å². The molecule has 5 aromatic rings. The number of aromatic hydroxyl groups is 1. The summed E-state index contributed by atoms with van der Waals surface area (Å²) < 4.78 is 0. The summed E-state index contributed by atoms with van der Waals surface area (Å²) in [5.41, 5.74) is 29.6. The second-order valence-corrected chi connectivity index (χ2v) is 29.2. The van der Waals surface area contributed by atoms with Gasteiger partial charge in [-0.15, -0.1) is 0 Å². The maximum atomic E-state index is 15.2. The van der Waals surface area contributed by atoms with Crippen molar-refractivity contribution in [2.24, 2.45) is 34.6 Å². The molecule has 642 valence electrons. The third kappa shape index (κ3) is 31.9. The van der Waals surface area contributed by atoms with Gasteiger partial charge in [0.25, 0.3) is 0 Å². The number of fused-ring (bicyclic) bond motifs is 2. The maximum absolute atomic E-state index is 15.2. The zero-order chi connectivity index (χ0) is 87.6. The zero-order valence-corrected chi connectivity index (χ0v) is 67.0. The normalized spacial score (nSPS) is 14.4. The molecule has 0 aliphatic heterocycles. The number of amides is 16. The van der Waals surface area contributed by atoms with Gasteiger partial charge in [0.05, 0.1) is 12.5 Å². The van der Waals surface area contributed by atoms with Crippen LogP contribution in [0.1, 0.15) is 115 Å². The first-order valence-corrected chi connectivity index (χ1v) is 38.9. The minimum atomic E-state index is -1.93. The quantitative estimate of drug-likeness (QED) is 0.00750. The number of aliphatic hydroxyl groups is 1. The number of guanidine groups is 1. The van der Waals surface area contributed by atoms with E-state index in [1.54, 1.807) is 68.6 Å². The molecule has 0 aliphatic carbocycles. The number of rotatable bonds is 51. The number of primary amides is 4. The number of benzene rings is 3. The van der Waals surface area contributed by atoms with Crippen LogP contribution in [-0.2, 0) is 101 Å². The third-order valence-corrected chi connectivity index (χ3v) is 19.2. The number of aliphatic carboxylic acids is 1. The van der Waals surface area contributed by atoms with Gasteiger partial charge in [-0.3, -0.25) is 86.9 Å². The van der Waals surface area contributed by atoms with E-state index in [0.29, 0.717) is 38.5 Å². The highest BCUT2D eigenvalue weighted by Crippen LogP contribution is 2.23. The number of aromatic amines is 2. The minimum Gasteiger partial charge on any atom is -0.508 e. The molecule has 0 saturated heterocycles. The molecule has 41 nitrogen and oxygen atoms in total. The van der Waals surface area contributed by atoms with Crippen LogP contribution in [0.3, 0.4) is 0 Å². The first kappa shape index (κ1) is 96.0. The van der Waals surface area contributed by atoms with Crippen LogP contribution >= 0.6 is 25.3 Å². The molecule has 0 aliphatic rings. The predicted molar refractivity (Wildman–Crippen MR) is 434 cm³/mol. The lowest BCUT2D eigenvalue weighted by molar-refractivity contribution is -0.139. The van der Waals surface area contributed by atoms with Gasteiger partial charge in [0.2, 0.25) is 94.5 Å². The smallest absolute Gasteiger partial charge is 0.303 e. The molecule has 0 bridgehead atoms. The van der Waals surface area contributed by atoms with Gasteiger partial charge in [-0.2, -0.15) is 25.3 Å². The van der Waals surface area contributed by atoms with Crippen LogP contribution in [0.5, 0.6) is 5.75 Å². The van der Waals surface area contributed by atoms with Crippen LogP contribution in [0.15, 0.2) is 85.2 Å². The summed E-state index contributed by atoms with van der Waals surface area (Å²) in [4.78, 5) is 238. The van der Waals surface area contributed by atoms with Crippen LogP contribution in [-0.4, -0.2) is 228 Å². The van der Waals surface area contributed by atoms with Gasteiger partial charge in [0, 0.05) is 97.7 Å². The van der Waals surface area contributed by atoms with Crippen LogP contribution in [0.25, 0.3) is 21.8 Å². The Morgan fingerprint density at radius 1 is 0.424 bits per heavy atom. The number of carboxylic acid groups (broad SMARTS) is 1. The average molecular weight is 1680 g/mol. The van der Waals surface area contributed by atoms with Crippen LogP contribution in [0.4, 0.5) is 0 Å². The number of hydrogen-bond donors (Lipinski definition) is 26. The van der Waals surface area contributed by atoms with Crippen molar-refractivity contribution in [1.82, 2.24) is 79.1 Å². The number of aromatic nitrogens is 2. The van der Waals surface area contributed by atoms with E-state index in [1.807, 2.05) is 0 Å². The SMILES string of the molecule is CC(=O)N[C@@H](CS)C(=O)N[C@@H](CCC(N)=O)C(=O)N[C@H](C(=O)N[C@@H](Cc1c[nH]c2ccccc12)C(=O)N[C@@H](CCC(N)=O)C(=O)N[C@@H](CS)C(=O)N[C@@H](Cc1ccc(O)cc1)C(=O)N[C@@H](Cc1c[nH]c2ccccc12)C(=O)N[C@@H](CCC(C)C)C(=O)N[C@@H](CCC(=O)O)C(=O)N[C@@H](CC(N)=O)C(=O)N[C@@H](CCCNC(=N)N)C(N)=O)[C@@H](C)O. The van der Waals surface area contributed by atoms with E-state index in [-0.39, 0.29) is 68.4 Å². The van der Waals surface area contributed by atoms with Gasteiger partial charge in [-0.25, -0.2) is 0 Å². The highest BCUT2D eigenvalue weighted by Gasteiger charge is 2.39. The average Bonchev–Trinajstić information content (AvgIpc) is 1.68. The van der Waals surface area contributed by atoms with E-state index in [0.717, 1.165) is 13.8 Å². The standard InChI is InChI=1S/C75H105N21O20S2/c1-36(2)15-20-48(64(106)87-51(23-26-61(103)104)65(107)93-55(31-60(78)102)71(113)86-47(63(79)105)14-9-27-82-75(80)81)88-69(111)53(29-40-32-83-45-12-7-5-10-43(40)45)92-68(110)52(28-39-16-18-42(99)19-17-39)91-73(115)57(35-118)95-66(108)49(21-24-58(76)100)89-70(112)54(30-41-33-84-46-13-8-6-11-44(41)46)94-74(116)62(37(3)97)96-67(109)50(22-25-59(77)101)90-72(114)56(34-117)85-38(4)98/h5-8,10-13,16-19,32-33,36-37,47-57,62,83-84,97,99,117-118H,9,14-15,20-31,34-35H2,1-4H3,(H2,76,100)(H2,77,101)(H2,78,102)(H2,79,105)(H,85,98)(H,86,113)(H,87,106)(H,88,111)(H,89,112)(H,90,114)(H,91,115)(H,92,110)(H,93,107)(H,94,116)(H,95,108)(H,96,109)(H,103,104)(H4,80,81,82)/t37-,47+,48+,49+,50+,51+,52+,53+,54+,55+,56+,57+,62+/m1/s1. The van der Waals surface area contributed by atoms with E-state index >= 15 is 9.59 Å². The van der Waals surface area contributed by atoms with Crippen molar-refractivity contribution >= 4 is 154 Å². The summed E-state index contributed by atoms with van der Waals surface area (Å²) in [7, 11) is 0. The van der Waals surface area contributed by atoms with E-state index in [2.05, 4.69) is 104 Å². The summed E-state index contributed by atoms with van der Waals surface area (Å²) in [5.74, 6) is -19.7. The molecule has 29 N–H and O–H groups in total. The summed E-state index contributed by atoms with van der Waals surface area (Å²) in [6.45, 7) is 5.91. The zero-order valence-electron chi connectivity index (χ0n) is 65.2. The number of H-pyrrole nitrogens is 2. The molecule has 0 unspecified atom stereocenters. The Bertz CT molecular complexity index is 4430. The Morgan fingerprint density at radius 3 is 1.21 bits per heavy atom. The Balaban J connectivity index is 1.48. The number of phenolic OH excluding ortho intramolecular Hbond substituents is 1.